The van der Waals surface area contributed by atoms with Gasteiger partial charge in [0, 0.05) is 0 Å². The molecule has 0 radical (unpaired) electrons. The fourth-order valence-electron chi connectivity index (χ4n) is 3.06. The highest BCUT2D eigenvalue weighted by Crippen LogP contribution is 2.24. The topological polar surface area (TPSA) is 225 Å². The third kappa shape index (κ3) is 6.38. The molecule has 2 aliphatic heterocycles. The van der Waals surface area contributed by atoms with Gasteiger partial charge in [0.15, 0.2) is 12.6 Å². The number of nitrogens with two attached hydrogens (primary N) is 1. The highest BCUT2D eigenvalue weighted by atomic mass is 35.5. The number of halogens is 1. The van der Waals surface area contributed by atoms with E-state index in [2.05, 4.69) is 0 Å². The van der Waals surface area contributed by atoms with Crippen molar-refractivity contribution in [2.75, 3.05) is 26.4 Å². The molecule has 10 N–H and O–H groups in total. The van der Waals surface area contributed by atoms with Crippen LogP contribution in [-0.2, 0) is 18.9 Å². The minimum atomic E-state index is -1.67. The van der Waals surface area contributed by atoms with Crippen molar-refractivity contribution in [2.45, 2.75) is 67.5 Å². The van der Waals surface area contributed by atoms with Gasteiger partial charge < -0.3 is 65.5 Å². The third-order valence-electron chi connectivity index (χ3n) is 4.68. The average Bonchev–Trinajstić information content (AvgIpc) is 2.68. The van der Waals surface area contributed by atoms with E-state index in [9.17, 15) is 40.9 Å². The van der Waals surface area contributed by atoms with Crippen LogP contribution in [0.25, 0.3) is 0 Å². The summed E-state index contributed by atoms with van der Waals surface area (Å²) in [6.45, 7) is -1.60. The van der Waals surface area contributed by atoms with Crippen LogP contribution >= 0.6 is 12.4 Å². The summed E-state index contributed by atoms with van der Waals surface area (Å²) in [5, 5.41) is 76.7. The molecule has 2 heterocycles. The lowest BCUT2D eigenvalue weighted by atomic mass is 9.99. The molecule has 13 nitrogen and oxygen atoms in total. The van der Waals surface area contributed by atoms with Crippen LogP contribution in [0, 0.1) is 0 Å². The Kier molecular flexibility index (Phi) is 11.1. The van der Waals surface area contributed by atoms with Crippen molar-refractivity contribution in [1.29, 1.82) is 0 Å². The van der Waals surface area contributed by atoms with Gasteiger partial charge in [-0.3, -0.25) is 0 Å². The molecule has 174 valence electrons. The summed E-state index contributed by atoms with van der Waals surface area (Å²) in [5.41, 5.74) is 5.85. The predicted molar refractivity (Wildman–Crippen MR) is 94.7 cm³/mol. The summed E-state index contributed by atoms with van der Waals surface area (Å²) in [7, 11) is 0. The lowest BCUT2D eigenvalue weighted by Crippen LogP contribution is -2.60. The quantitative estimate of drug-likeness (QED) is 0.168. The maximum absolute atomic E-state index is 9.98. The van der Waals surface area contributed by atoms with Crippen molar-refractivity contribution in [1.82, 2.24) is 0 Å². The molecule has 2 saturated heterocycles. The van der Waals surface area contributed by atoms with Gasteiger partial charge in [0.25, 0.3) is 0 Å². The largest absolute Gasteiger partial charge is 0.394 e. The summed E-state index contributed by atoms with van der Waals surface area (Å²) in [6.07, 6.45) is -14.2. The van der Waals surface area contributed by atoms with E-state index in [1.54, 1.807) is 0 Å². The number of hydrogen-bond acceptors (Lipinski definition) is 13. The molecule has 0 aromatic rings. The van der Waals surface area contributed by atoms with Gasteiger partial charge in [-0.2, -0.15) is 0 Å². The van der Waals surface area contributed by atoms with E-state index in [1.807, 2.05) is 0 Å². The van der Waals surface area contributed by atoms with Gasteiger partial charge in [0.1, 0.15) is 48.8 Å². The van der Waals surface area contributed by atoms with Crippen molar-refractivity contribution >= 4 is 12.4 Å². The number of hydrogen-bond donors (Lipinski definition) is 9. The molecule has 2 aliphatic rings. The molecular weight excluding hydrogens is 422 g/mol. The maximum atomic E-state index is 9.98. The summed E-state index contributed by atoms with van der Waals surface area (Å²) < 4.78 is 20.7. The van der Waals surface area contributed by atoms with Gasteiger partial charge in [0.2, 0.25) is 0 Å². The predicted octanol–water partition coefficient (Wildman–Crippen LogP) is -5.63. The summed E-state index contributed by atoms with van der Waals surface area (Å²) in [4.78, 5) is 0. The Hall–Kier alpha value is -0.230. The number of rotatable bonds is 8. The first-order chi connectivity index (χ1) is 13.2. The van der Waals surface area contributed by atoms with Crippen LogP contribution in [0.4, 0.5) is 0 Å². The number of aliphatic hydroxyl groups is 8. The van der Waals surface area contributed by atoms with E-state index in [1.165, 1.54) is 0 Å². The number of aliphatic hydroxyl groups excluding tert-OH is 8. The molecule has 10 atom stereocenters. The van der Waals surface area contributed by atoms with E-state index < -0.39 is 80.7 Å². The molecular formula is C15H30ClNO12. The molecule has 2 rings (SSSR count). The van der Waals surface area contributed by atoms with E-state index in [0.717, 1.165) is 0 Å². The zero-order chi connectivity index (χ0) is 21.0. The second-order valence-corrected chi connectivity index (χ2v) is 6.81. The second-order valence-electron chi connectivity index (χ2n) is 6.81. The first kappa shape index (κ1) is 26.8. The Bertz CT molecular complexity index is 435. The Morgan fingerprint density at radius 1 is 0.690 bits per heavy atom. The van der Waals surface area contributed by atoms with Gasteiger partial charge in [-0.05, 0) is 0 Å². The minimum Gasteiger partial charge on any atom is -0.394 e. The molecule has 0 saturated carbocycles. The first-order valence-electron chi connectivity index (χ1n) is 8.81. The van der Waals surface area contributed by atoms with Crippen LogP contribution in [0.15, 0.2) is 0 Å². The van der Waals surface area contributed by atoms with Crippen molar-refractivity contribution in [3.8, 4) is 0 Å². The maximum Gasteiger partial charge on any atom is 0.184 e. The van der Waals surface area contributed by atoms with Crippen LogP contribution < -0.4 is 5.73 Å². The number of ether oxygens (including phenoxy) is 4. The van der Waals surface area contributed by atoms with E-state index in [4.69, 9.17) is 24.7 Å². The fraction of sp³-hybridized carbons (Fsp3) is 1.00. The molecule has 2 fully saturated rings. The van der Waals surface area contributed by atoms with Crippen molar-refractivity contribution in [3.63, 3.8) is 0 Å². The zero-order valence-electron chi connectivity index (χ0n) is 15.4. The van der Waals surface area contributed by atoms with Crippen molar-refractivity contribution < 1.29 is 59.8 Å². The highest BCUT2D eigenvalue weighted by Gasteiger charge is 2.46. The van der Waals surface area contributed by atoms with Crippen LogP contribution in [0.2, 0.25) is 0 Å². The molecule has 29 heavy (non-hydrogen) atoms. The first-order valence-corrected chi connectivity index (χ1v) is 8.81. The van der Waals surface area contributed by atoms with Gasteiger partial charge in [-0.25, -0.2) is 0 Å². The average molecular weight is 452 g/mol. The van der Waals surface area contributed by atoms with Crippen LogP contribution in [0.3, 0.4) is 0 Å². The Morgan fingerprint density at radius 3 is 1.34 bits per heavy atom. The molecule has 0 amide bonds. The van der Waals surface area contributed by atoms with Gasteiger partial charge in [-0.1, -0.05) is 0 Å². The summed E-state index contributed by atoms with van der Waals surface area (Å²) in [5.74, 6) is 0. The highest BCUT2D eigenvalue weighted by molar-refractivity contribution is 5.85. The monoisotopic (exact) mass is 451 g/mol. The van der Waals surface area contributed by atoms with E-state index in [0.29, 0.717) is 0 Å². The Morgan fingerprint density at radius 2 is 1.03 bits per heavy atom. The molecule has 14 heteroatoms. The van der Waals surface area contributed by atoms with E-state index in [-0.39, 0.29) is 25.6 Å². The van der Waals surface area contributed by atoms with Crippen LogP contribution in [-0.4, -0.2) is 135 Å². The standard InChI is InChI=1S/C15H29NO12.ClH/c16-5(3-25-12-6(1-17)27-14(23)10(21)8(12)19)4-26-13-7(2-18)28-15(24)11(22)9(13)20;/h5-15,17-24H,1-4,16H2;1H. The smallest absolute Gasteiger partial charge is 0.184 e. The van der Waals surface area contributed by atoms with E-state index >= 15 is 0 Å². The van der Waals surface area contributed by atoms with Gasteiger partial charge >= 0.3 is 0 Å². The molecule has 0 bridgehead atoms. The van der Waals surface area contributed by atoms with Crippen molar-refractivity contribution in [2.24, 2.45) is 5.73 Å². The van der Waals surface area contributed by atoms with Crippen LogP contribution in [0.1, 0.15) is 0 Å². The van der Waals surface area contributed by atoms with Crippen molar-refractivity contribution in [3.05, 3.63) is 0 Å². The summed E-state index contributed by atoms with van der Waals surface area (Å²) >= 11 is 0. The molecule has 0 aromatic carbocycles. The van der Waals surface area contributed by atoms with Gasteiger partial charge in [-0.15, -0.1) is 12.4 Å². The normalized spacial score (nSPS) is 44.2. The Labute approximate surface area is 172 Å². The molecule has 0 aromatic heterocycles. The Balaban J connectivity index is 0.00000420. The lowest BCUT2D eigenvalue weighted by molar-refractivity contribution is -0.298. The summed E-state index contributed by atoms with van der Waals surface area (Å²) in [6, 6.07) is -0.814. The molecule has 10 unspecified atom stereocenters. The van der Waals surface area contributed by atoms with Crippen LogP contribution in [0.5, 0.6) is 0 Å². The zero-order valence-corrected chi connectivity index (χ0v) is 16.2. The fourth-order valence-corrected chi connectivity index (χ4v) is 3.06. The van der Waals surface area contributed by atoms with Gasteiger partial charge in [0.05, 0.1) is 32.5 Å². The lowest BCUT2D eigenvalue weighted by Gasteiger charge is -2.41. The second kappa shape index (κ2) is 12.0. The minimum absolute atomic E-state index is 0. The molecule has 0 spiro atoms. The SMILES string of the molecule is Cl.NC(COC1C(CO)OC(O)C(O)C1O)COC1C(CO)OC(O)C(O)C1O. The third-order valence-corrected chi connectivity index (χ3v) is 4.68. The molecule has 0 aliphatic carbocycles.